The van der Waals surface area contributed by atoms with Crippen molar-refractivity contribution in [3.8, 4) is 0 Å². The maximum atomic E-state index is 13.4. The molecule has 2 aliphatic heterocycles. The van der Waals surface area contributed by atoms with Crippen LogP contribution in [0.25, 0.3) is 0 Å². The van der Waals surface area contributed by atoms with E-state index in [1.165, 1.54) is 0 Å². The second-order valence-corrected chi connectivity index (χ2v) is 8.76. The molecule has 0 saturated carbocycles. The van der Waals surface area contributed by atoms with Crippen molar-refractivity contribution in [2.24, 2.45) is 0 Å². The first-order valence-corrected chi connectivity index (χ1v) is 8.91. The summed E-state index contributed by atoms with van der Waals surface area (Å²) in [5.41, 5.74) is -1.74. The molecule has 2 aliphatic rings. The van der Waals surface area contributed by atoms with Gasteiger partial charge in [-0.25, -0.2) is 0 Å². The van der Waals surface area contributed by atoms with E-state index in [2.05, 4.69) is 46.9 Å². The zero-order valence-corrected chi connectivity index (χ0v) is 15.8. The molecule has 1 spiro atoms. The van der Waals surface area contributed by atoms with E-state index < -0.39 is 17.4 Å². The molecule has 1 unspecified atom stereocenters. The number of hydrogen-bond donors (Lipinski definition) is 2. The van der Waals surface area contributed by atoms with Crippen molar-refractivity contribution in [2.75, 3.05) is 6.54 Å². The standard InChI is InChI=1S/C18H34N2O3/c1-8-18(9-2)20(10-13(3)21)14(22)17(23-18)11-15(4,5)19-16(6,7)12-17/h13,19,21H,8-12H2,1-7H3. The lowest BCUT2D eigenvalue weighted by Crippen LogP contribution is -2.65. The highest BCUT2D eigenvalue weighted by molar-refractivity contribution is 5.88. The van der Waals surface area contributed by atoms with Gasteiger partial charge in [-0.3, -0.25) is 4.79 Å². The summed E-state index contributed by atoms with van der Waals surface area (Å²) in [6.45, 7) is 14.7. The topological polar surface area (TPSA) is 61.8 Å². The normalized spacial score (nSPS) is 29.0. The molecule has 134 valence electrons. The highest BCUT2D eigenvalue weighted by atomic mass is 16.6. The van der Waals surface area contributed by atoms with Gasteiger partial charge in [0.25, 0.3) is 5.91 Å². The van der Waals surface area contributed by atoms with Crippen LogP contribution >= 0.6 is 0 Å². The van der Waals surface area contributed by atoms with Gasteiger partial charge in [-0.2, -0.15) is 0 Å². The molecule has 2 N–H and O–H groups in total. The van der Waals surface area contributed by atoms with E-state index in [0.717, 1.165) is 12.8 Å². The van der Waals surface area contributed by atoms with Gasteiger partial charge in [0, 0.05) is 30.5 Å². The molecule has 23 heavy (non-hydrogen) atoms. The number of ether oxygens (including phenoxy) is 1. The van der Waals surface area contributed by atoms with Gasteiger partial charge >= 0.3 is 0 Å². The van der Waals surface area contributed by atoms with E-state index >= 15 is 0 Å². The van der Waals surface area contributed by atoms with Crippen LogP contribution in [0.3, 0.4) is 0 Å². The van der Waals surface area contributed by atoms with Gasteiger partial charge in [-0.15, -0.1) is 0 Å². The van der Waals surface area contributed by atoms with Gasteiger partial charge in [-0.05, 0) is 47.5 Å². The Hall–Kier alpha value is -0.650. The maximum absolute atomic E-state index is 13.4. The number of piperidine rings is 1. The Labute approximate surface area is 140 Å². The van der Waals surface area contributed by atoms with Gasteiger partial charge in [0.15, 0.2) is 5.60 Å². The molecule has 0 bridgehead atoms. The van der Waals surface area contributed by atoms with Crippen LogP contribution in [0.2, 0.25) is 0 Å². The molecule has 2 rings (SSSR count). The van der Waals surface area contributed by atoms with Gasteiger partial charge in [0.05, 0.1) is 6.10 Å². The average Bonchev–Trinajstić information content (AvgIpc) is 2.57. The Morgan fingerprint density at radius 3 is 2.04 bits per heavy atom. The molecule has 0 aromatic heterocycles. The SMILES string of the molecule is CCC1(CC)OC2(CC(C)(C)NC(C)(C)C2)C(=O)N1CC(C)O. The molecular formula is C18H34N2O3. The number of carbonyl (C=O) groups is 1. The van der Waals surface area contributed by atoms with Crippen LogP contribution in [0.1, 0.15) is 74.1 Å². The Morgan fingerprint density at radius 1 is 1.17 bits per heavy atom. The van der Waals surface area contributed by atoms with Crippen molar-refractivity contribution in [2.45, 2.75) is 103 Å². The zero-order valence-electron chi connectivity index (χ0n) is 15.8. The van der Waals surface area contributed by atoms with E-state index in [9.17, 15) is 9.90 Å². The van der Waals surface area contributed by atoms with Crippen LogP contribution in [0.15, 0.2) is 0 Å². The summed E-state index contributed by atoms with van der Waals surface area (Å²) < 4.78 is 6.60. The Balaban J connectivity index is 2.45. The molecule has 2 heterocycles. The van der Waals surface area contributed by atoms with Crippen molar-refractivity contribution >= 4 is 5.91 Å². The Kier molecular flexibility index (Phi) is 4.64. The number of aliphatic hydroxyl groups is 1. The lowest BCUT2D eigenvalue weighted by molar-refractivity contribution is -0.173. The summed E-state index contributed by atoms with van der Waals surface area (Å²) in [6, 6.07) is 0. The molecule has 0 radical (unpaired) electrons. The van der Waals surface area contributed by atoms with E-state index in [4.69, 9.17) is 4.74 Å². The third kappa shape index (κ3) is 3.28. The lowest BCUT2D eigenvalue weighted by Gasteiger charge is -2.50. The number of carbonyl (C=O) groups excluding carboxylic acids is 1. The van der Waals surface area contributed by atoms with Crippen molar-refractivity contribution in [3.63, 3.8) is 0 Å². The van der Waals surface area contributed by atoms with Gasteiger partial charge in [0.2, 0.25) is 0 Å². The highest BCUT2D eigenvalue weighted by Gasteiger charge is 2.63. The summed E-state index contributed by atoms with van der Waals surface area (Å²) in [5, 5.41) is 13.5. The number of aliphatic hydroxyl groups excluding tert-OH is 1. The zero-order chi connectivity index (χ0) is 17.7. The minimum Gasteiger partial charge on any atom is -0.392 e. The molecule has 5 heteroatoms. The first kappa shape index (κ1) is 18.7. The predicted octanol–water partition coefficient (Wildman–Crippen LogP) is 2.42. The second kappa shape index (κ2) is 5.71. The number of β-amino-alcohol motifs (C(OH)–C–C–N with tert-alkyl or cyclic N) is 1. The minimum atomic E-state index is -0.792. The largest absolute Gasteiger partial charge is 0.392 e. The molecule has 1 amide bonds. The fourth-order valence-electron chi connectivity index (χ4n) is 4.90. The van der Waals surface area contributed by atoms with E-state index in [1.807, 2.05) is 0 Å². The quantitative estimate of drug-likeness (QED) is 0.833. The number of amides is 1. The minimum absolute atomic E-state index is 0.0461. The van der Waals surface area contributed by atoms with Crippen LogP contribution in [-0.2, 0) is 9.53 Å². The number of rotatable bonds is 4. The van der Waals surface area contributed by atoms with Crippen LogP contribution in [0, 0.1) is 0 Å². The smallest absolute Gasteiger partial charge is 0.257 e. The summed E-state index contributed by atoms with van der Waals surface area (Å²) in [5.74, 6) is 0.0461. The predicted molar refractivity (Wildman–Crippen MR) is 91.1 cm³/mol. The molecule has 2 saturated heterocycles. The summed E-state index contributed by atoms with van der Waals surface area (Å²) >= 11 is 0. The van der Waals surface area contributed by atoms with Crippen LogP contribution in [-0.4, -0.2) is 51.0 Å². The first-order chi connectivity index (χ1) is 10.4. The summed E-state index contributed by atoms with van der Waals surface area (Å²) in [6.07, 6.45) is 2.22. The van der Waals surface area contributed by atoms with Gasteiger partial charge < -0.3 is 20.1 Å². The first-order valence-electron chi connectivity index (χ1n) is 8.91. The van der Waals surface area contributed by atoms with Crippen molar-refractivity contribution < 1.29 is 14.6 Å². The van der Waals surface area contributed by atoms with Crippen LogP contribution < -0.4 is 5.32 Å². The van der Waals surface area contributed by atoms with Crippen molar-refractivity contribution in [3.05, 3.63) is 0 Å². The highest BCUT2D eigenvalue weighted by Crippen LogP contribution is 2.49. The fourth-order valence-corrected chi connectivity index (χ4v) is 4.90. The number of nitrogens with zero attached hydrogens (tertiary/aromatic N) is 1. The van der Waals surface area contributed by atoms with Crippen LogP contribution in [0.5, 0.6) is 0 Å². The molecule has 5 nitrogen and oxygen atoms in total. The number of nitrogens with one attached hydrogen (secondary N) is 1. The molecule has 0 aromatic rings. The summed E-state index contributed by atoms with van der Waals surface area (Å²) in [4.78, 5) is 15.2. The Bertz CT molecular complexity index is 451. The van der Waals surface area contributed by atoms with E-state index in [0.29, 0.717) is 19.4 Å². The second-order valence-electron chi connectivity index (χ2n) is 8.76. The average molecular weight is 326 g/mol. The molecular weight excluding hydrogens is 292 g/mol. The van der Waals surface area contributed by atoms with Gasteiger partial charge in [-0.1, -0.05) is 13.8 Å². The maximum Gasteiger partial charge on any atom is 0.257 e. The van der Waals surface area contributed by atoms with E-state index in [1.54, 1.807) is 11.8 Å². The van der Waals surface area contributed by atoms with Crippen molar-refractivity contribution in [1.29, 1.82) is 0 Å². The lowest BCUT2D eigenvalue weighted by atomic mass is 9.72. The van der Waals surface area contributed by atoms with E-state index in [-0.39, 0.29) is 17.0 Å². The third-order valence-corrected chi connectivity index (χ3v) is 5.20. The fraction of sp³-hybridized carbons (Fsp3) is 0.944. The Morgan fingerprint density at radius 2 is 1.65 bits per heavy atom. The summed E-state index contributed by atoms with van der Waals surface area (Å²) in [7, 11) is 0. The number of hydrogen-bond acceptors (Lipinski definition) is 4. The monoisotopic (exact) mass is 326 g/mol. The molecule has 0 aliphatic carbocycles. The van der Waals surface area contributed by atoms with Gasteiger partial charge in [0.1, 0.15) is 5.72 Å². The van der Waals surface area contributed by atoms with Crippen molar-refractivity contribution in [1.82, 2.24) is 10.2 Å². The third-order valence-electron chi connectivity index (χ3n) is 5.20. The molecule has 2 fully saturated rings. The van der Waals surface area contributed by atoms with Crippen LogP contribution in [0.4, 0.5) is 0 Å². The molecule has 0 aromatic carbocycles. The molecule has 1 atom stereocenters.